The molecule has 0 aromatic carbocycles. The average Bonchev–Trinajstić information content (AvgIpc) is 2.65. The van der Waals surface area contributed by atoms with Crippen molar-refractivity contribution in [2.75, 3.05) is 11.5 Å². The summed E-state index contributed by atoms with van der Waals surface area (Å²) in [6, 6.07) is 4.15. The smallest absolute Gasteiger partial charge is 0.143 e. The first-order valence-electron chi connectivity index (χ1n) is 5.80. The van der Waals surface area contributed by atoms with Gasteiger partial charge in [0.1, 0.15) is 27.7 Å². The van der Waals surface area contributed by atoms with E-state index in [1.807, 2.05) is 0 Å². The van der Waals surface area contributed by atoms with Crippen molar-refractivity contribution >= 4 is 33.1 Å². The van der Waals surface area contributed by atoms with Gasteiger partial charge in [-0.3, -0.25) is 0 Å². The van der Waals surface area contributed by atoms with Gasteiger partial charge in [0.25, 0.3) is 0 Å². The van der Waals surface area contributed by atoms with Gasteiger partial charge in [-0.05, 0) is 17.9 Å². The second-order valence-electron chi connectivity index (χ2n) is 4.70. The minimum atomic E-state index is 0.205. The van der Waals surface area contributed by atoms with E-state index in [0.717, 1.165) is 5.56 Å². The predicted molar refractivity (Wildman–Crippen MR) is 76.4 cm³/mol. The maximum Gasteiger partial charge on any atom is 0.143 e. The van der Waals surface area contributed by atoms with E-state index in [1.54, 1.807) is 0 Å². The Morgan fingerprint density at radius 3 is 2.47 bits per heavy atom. The monoisotopic (exact) mass is 271 g/mol. The van der Waals surface area contributed by atoms with E-state index in [9.17, 15) is 5.26 Å². The molecule has 0 aliphatic carbocycles. The van der Waals surface area contributed by atoms with Crippen LogP contribution in [0.25, 0.3) is 10.2 Å². The molecule has 2 aromatic rings. The van der Waals surface area contributed by atoms with E-state index in [1.165, 1.54) is 11.3 Å². The molecule has 0 unspecified atom stereocenters. The maximum absolute atomic E-state index is 9.25. The summed E-state index contributed by atoms with van der Waals surface area (Å²) in [5.74, 6) is 0.554. The van der Waals surface area contributed by atoms with Crippen molar-refractivity contribution < 1.29 is 0 Å². The minimum Gasteiger partial charge on any atom is -0.396 e. The van der Waals surface area contributed by atoms with E-state index < -0.39 is 0 Å². The number of fused-ring (bicyclic) bond motifs is 1. The lowest BCUT2D eigenvalue weighted by molar-refractivity contribution is 0.649. The topological polar surface area (TPSA) is 113 Å². The molecule has 6 heteroatoms. The summed E-state index contributed by atoms with van der Waals surface area (Å²) in [7, 11) is 0. The second kappa shape index (κ2) is 4.75. The van der Waals surface area contributed by atoms with Crippen molar-refractivity contribution in [3.05, 3.63) is 16.0 Å². The van der Waals surface area contributed by atoms with Crippen LogP contribution in [0.5, 0.6) is 0 Å². The average molecular weight is 271 g/mol. The number of hydrogen-bond acceptors (Lipinski definition) is 6. The number of nitrogen functional groups attached to an aromatic ring is 2. The fourth-order valence-corrected chi connectivity index (χ4v) is 3.00. The van der Waals surface area contributed by atoms with Crippen LogP contribution in [0.2, 0.25) is 0 Å². The zero-order valence-corrected chi connectivity index (χ0v) is 11.5. The van der Waals surface area contributed by atoms with Crippen LogP contribution >= 0.6 is 11.3 Å². The highest BCUT2D eigenvalue weighted by Crippen LogP contribution is 2.38. The highest BCUT2D eigenvalue weighted by molar-refractivity contribution is 7.19. The number of aromatic nitrogens is 1. The van der Waals surface area contributed by atoms with Crippen LogP contribution < -0.4 is 11.5 Å². The number of nitriles is 2. The van der Waals surface area contributed by atoms with Crippen molar-refractivity contribution in [3.8, 4) is 12.1 Å². The highest BCUT2D eigenvalue weighted by Gasteiger charge is 2.20. The molecule has 0 fully saturated rings. The fourth-order valence-electron chi connectivity index (χ4n) is 2.07. The minimum absolute atomic E-state index is 0.205. The normalized spacial score (nSPS) is 10.6. The zero-order chi connectivity index (χ0) is 14.2. The standard InChI is InChI=1S/C13H13N5S/c1-6(2)3-7-8(4-14)12(17)18-13-10(7)11(16)9(5-15)19-13/h6H,3,16H2,1-2H3,(H2,17,18). The summed E-state index contributed by atoms with van der Waals surface area (Å²) in [5, 5.41) is 19.0. The molecule has 5 nitrogen and oxygen atoms in total. The lowest BCUT2D eigenvalue weighted by Crippen LogP contribution is -2.04. The fraction of sp³-hybridized carbons (Fsp3) is 0.308. The number of rotatable bonds is 2. The van der Waals surface area contributed by atoms with Gasteiger partial charge < -0.3 is 11.5 Å². The maximum atomic E-state index is 9.25. The Bertz CT molecular complexity index is 730. The third-order valence-corrected chi connectivity index (χ3v) is 3.84. The van der Waals surface area contributed by atoms with Gasteiger partial charge in [0.05, 0.1) is 11.3 Å². The van der Waals surface area contributed by atoms with E-state index in [4.69, 9.17) is 16.7 Å². The Kier molecular flexibility index (Phi) is 3.28. The summed E-state index contributed by atoms with van der Waals surface area (Å²) < 4.78 is 0. The number of thiophene rings is 1. The Morgan fingerprint density at radius 2 is 1.95 bits per heavy atom. The van der Waals surface area contributed by atoms with E-state index in [0.29, 0.717) is 38.7 Å². The lowest BCUT2D eigenvalue weighted by atomic mass is 9.96. The zero-order valence-electron chi connectivity index (χ0n) is 10.7. The Morgan fingerprint density at radius 1 is 1.26 bits per heavy atom. The van der Waals surface area contributed by atoms with Gasteiger partial charge in [0, 0.05) is 5.39 Å². The van der Waals surface area contributed by atoms with Crippen molar-refractivity contribution in [2.24, 2.45) is 5.92 Å². The summed E-state index contributed by atoms with van der Waals surface area (Å²) in [5.41, 5.74) is 13.4. The van der Waals surface area contributed by atoms with Crippen molar-refractivity contribution in [1.82, 2.24) is 4.98 Å². The van der Waals surface area contributed by atoms with Crippen LogP contribution in [-0.2, 0) is 6.42 Å². The molecule has 2 heterocycles. The number of nitrogens with two attached hydrogens (primary N) is 2. The Balaban J connectivity index is 2.90. The first kappa shape index (κ1) is 13.1. The van der Waals surface area contributed by atoms with E-state index >= 15 is 0 Å². The molecule has 0 bridgehead atoms. The molecule has 96 valence electrons. The molecule has 2 aromatic heterocycles. The van der Waals surface area contributed by atoms with Crippen molar-refractivity contribution in [3.63, 3.8) is 0 Å². The molecular weight excluding hydrogens is 258 g/mol. The SMILES string of the molecule is CC(C)Cc1c(C#N)c(N)nc2sc(C#N)c(N)c12. The molecule has 0 aliphatic heterocycles. The summed E-state index contributed by atoms with van der Waals surface area (Å²) in [6.07, 6.45) is 0.678. The molecule has 0 saturated heterocycles. The van der Waals surface area contributed by atoms with Gasteiger partial charge in [-0.1, -0.05) is 13.8 Å². The van der Waals surface area contributed by atoms with Crippen LogP contribution in [-0.4, -0.2) is 4.98 Å². The molecule has 19 heavy (non-hydrogen) atoms. The number of anilines is 2. The van der Waals surface area contributed by atoms with Gasteiger partial charge in [0.2, 0.25) is 0 Å². The molecule has 0 radical (unpaired) electrons. The van der Waals surface area contributed by atoms with Crippen molar-refractivity contribution in [2.45, 2.75) is 20.3 Å². The molecule has 2 rings (SSSR count). The Hall–Kier alpha value is -2.31. The molecule has 0 amide bonds. The van der Waals surface area contributed by atoms with Crippen LogP contribution in [0.3, 0.4) is 0 Å². The van der Waals surface area contributed by atoms with Gasteiger partial charge >= 0.3 is 0 Å². The van der Waals surface area contributed by atoms with Gasteiger partial charge in [-0.15, -0.1) is 11.3 Å². The molecular formula is C13H13N5S. The largest absolute Gasteiger partial charge is 0.396 e. The van der Waals surface area contributed by atoms with Gasteiger partial charge in [-0.25, -0.2) is 4.98 Å². The highest BCUT2D eigenvalue weighted by atomic mass is 32.1. The van der Waals surface area contributed by atoms with Crippen LogP contribution in [0.1, 0.15) is 29.9 Å². The summed E-state index contributed by atoms with van der Waals surface area (Å²) in [6.45, 7) is 4.11. The Labute approximate surface area is 115 Å². The number of hydrogen-bond donors (Lipinski definition) is 2. The van der Waals surface area contributed by atoms with E-state index in [2.05, 4.69) is 31.0 Å². The van der Waals surface area contributed by atoms with Crippen molar-refractivity contribution in [1.29, 1.82) is 10.5 Å². The third-order valence-electron chi connectivity index (χ3n) is 2.83. The summed E-state index contributed by atoms with van der Waals surface area (Å²) in [4.78, 5) is 5.23. The summed E-state index contributed by atoms with van der Waals surface area (Å²) >= 11 is 1.21. The lowest BCUT2D eigenvalue weighted by Gasteiger charge is -2.11. The molecule has 0 aliphatic rings. The molecule has 4 N–H and O–H groups in total. The van der Waals surface area contributed by atoms with E-state index in [-0.39, 0.29) is 5.82 Å². The van der Waals surface area contributed by atoms with Crippen LogP contribution in [0.15, 0.2) is 0 Å². The molecule has 0 atom stereocenters. The number of nitrogens with zero attached hydrogens (tertiary/aromatic N) is 3. The molecule has 0 saturated carbocycles. The van der Waals surface area contributed by atoms with Crippen LogP contribution in [0.4, 0.5) is 11.5 Å². The quantitative estimate of drug-likeness (QED) is 0.870. The molecule has 0 spiro atoms. The predicted octanol–water partition coefficient (Wildman–Crippen LogP) is 2.40. The first-order valence-corrected chi connectivity index (χ1v) is 6.61. The second-order valence-corrected chi connectivity index (χ2v) is 5.70. The third kappa shape index (κ3) is 2.07. The van der Waals surface area contributed by atoms with Crippen LogP contribution in [0, 0.1) is 28.6 Å². The number of pyridine rings is 1. The van der Waals surface area contributed by atoms with Gasteiger partial charge in [0.15, 0.2) is 0 Å². The first-order chi connectivity index (χ1) is 8.99. The van der Waals surface area contributed by atoms with Gasteiger partial charge in [-0.2, -0.15) is 10.5 Å².